The minimum atomic E-state index is -1.09. The Hall–Kier alpha value is -2.35. The number of carboxylic acid groups (broad SMARTS) is 1. The molecule has 1 unspecified atom stereocenters. The Morgan fingerprint density at radius 1 is 1.14 bits per heavy atom. The van der Waals surface area contributed by atoms with E-state index in [1.54, 1.807) is 6.08 Å². The maximum absolute atomic E-state index is 11.6. The third-order valence-electron chi connectivity index (χ3n) is 3.99. The van der Waals surface area contributed by atoms with E-state index in [0.29, 0.717) is 18.3 Å². The van der Waals surface area contributed by atoms with Gasteiger partial charge in [0, 0.05) is 11.9 Å². The molecule has 1 aromatic rings. The van der Waals surface area contributed by atoms with Crippen molar-refractivity contribution in [1.29, 1.82) is 0 Å². The average molecular weight is 455 g/mol. The predicted molar refractivity (Wildman–Crippen MR) is 110 cm³/mol. The Bertz CT molecular complexity index is 637. The first-order valence-corrected chi connectivity index (χ1v) is 10.3. The van der Waals surface area contributed by atoms with Crippen molar-refractivity contribution in [3.63, 3.8) is 0 Å². The van der Waals surface area contributed by atoms with Crippen LogP contribution in [0.5, 0.6) is 0 Å². The van der Waals surface area contributed by atoms with Crippen molar-refractivity contribution >= 4 is 34.4 Å². The largest absolute Gasteiger partial charge is 0.479 e. The highest BCUT2D eigenvalue weighted by molar-refractivity contribution is 9.09. The molecule has 1 aromatic carbocycles. The van der Waals surface area contributed by atoms with E-state index < -0.39 is 18.1 Å². The molecular weight excluding hydrogens is 428 g/mol. The Balaban J connectivity index is 2.13. The molecule has 8 heteroatoms. The van der Waals surface area contributed by atoms with Gasteiger partial charge >= 0.3 is 12.1 Å². The van der Waals surface area contributed by atoms with Crippen LogP contribution in [0.1, 0.15) is 37.7 Å². The quantitative estimate of drug-likeness (QED) is 0.173. The topological polar surface area (TPSA) is 105 Å². The number of aliphatic carboxylic acids is 1. The number of amides is 2. The number of nitrogens with one attached hydrogen (secondary N) is 2. The summed E-state index contributed by atoms with van der Waals surface area (Å²) in [6.45, 7) is 0.809. The molecule has 0 fully saturated rings. The molecule has 0 aliphatic carbocycles. The zero-order chi connectivity index (χ0) is 20.6. The normalized spacial score (nSPS) is 12.1. The molecule has 0 aromatic heterocycles. The zero-order valence-electron chi connectivity index (χ0n) is 15.7. The van der Waals surface area contributed by atoms with Gasteiger partial charge in [-0.2, -0.15) is 0 Å². The second-order valence-corrected chi connectivity index (χ2v) is 6.77. The summed E-state index contributed by atoms with van der Waals surface area (Å²) >= 11 is 3.35. The van der Waals surface area contributed by atoms with Crippen LogP contribution in [0.4, 0.5) is 4.79 Å². The minimum Gasteiger partial charge on any atom is -0.479 e. The SMILES string of the molecule is O=CNC(/C=C(\CBr)CCCCCCNC(=O)OCc1ccccc1)C(=O)O. The third kappa shape index (κ3) is 10.7. The molecule has 2 amide bonds. The van der Waals surface area contributed by atoms with E-state index in [9.17, 15) is 14.4 Å². The van der Waals surface area contributed by atoms with Crippen molar-refractivity contribution in [2.24, 2.45) is 0 Å². The number of halogens is 1. The molecule has 3 N–H and O–H groups in total. The molecule has 0 spiro atoms. The first-order valence-electron chi connectivity index (χ1n) is 9.19. The summed E-state index contributed by atoms with van der Waals surface area (Å²) in [5.41, 5.74) is 1.88. The van der Waals surface area contributed by atoms with Gasteiger partial charge in [-0.15, -0.1) is 0 Å². The van der Waals surface area contributed by atoms with Crippen molar-refractivity contribution in [2.75, 3.05) is 11.9 Å². The van der Waals surface area contributed by atoms with Crippen molar-refractivity contribution in [1.82, 2.24) is 10.6 Å². The number of carboxylic acids is 1. The molecule has 0 bridgehead atoms. The standard InChI is InChI=1S/C20H27BrN2O5/c21-13-17(12-18(19(25)26)23-15-24)10-4-1-2-7-11-22-20(27)28-14-16-8-5-3-6-9-16/h3,5-6,8-9,12,15,18H,1-2,4,7,10-11,13-14H2,(H,22,27)(H,23,24)(H,25,26)/b17-12-. The average Bonchev–Trinajstić information content (AvgIpc) is 2.70. The van der Waals surface area contributed by atoms with Gasteiger partial charge in [0.05, 0.1) is 0 Å². The van der Waals surface area contributed by atoms with Gasteiger partial charge < -0.3 is 20.5 Å². The minimum absolute atomic E-state index is 0.255. The van der Waals surface area contributed by atoms with E-state index >= 15 is 0 Å². The summed E-state index contributed by atoms with van der Waals surface area (Å²) < 4.78 is 5.14. The Morgan fingerprint density at radius 3 is 2.50 bits per heavy atom. The summed E-state index contributed by atoms with van der Waals surface area (Å²) in [4.78, 5) is 33.1. The van der Waals surface area contributed by atoms with Crippen LogP contribution in [0.3, 0.4) is 0 Å². The molecule has 1 rings (SSSR count). The van der Waals surface area contributed by atoms with Crippen LogP contribution in [0, 0.1) is 0 Å². The molecule has 28 heavy (non-hydrogen) atoms. The lowest BCUT2D eigenvalue weighted by Crippen LogP contribution is -2.34. The number of carbonyl (C=O) groups is 3. The number of hydrogen-bond donors (Lipinski definition) is 3. The molecule has 7 nitrogen and oxygen atoms in total. The monoisotopic (exact) mass is 454 g/mol. The van der Waals surface area contributed by atoms with Crippen LogP contribution in [0.2, 0.25) is 0 Å². The van der Waals surface area contributed by atoms with Crippen LogP contribution in [-0.2, 0) is 20.9 Å². The number of unbranched alkanes of at least 4 members (excludes halogenated alkanes) is 3. The number of carbonyl (C=O) groups excluding carboxylic acids is 2. The molecule has 0 radical (unpaired) electrons. The molecule has 0 saturated heterocycles. The zero-order valence-corrected chi connectivity index (χ0v) is 17.3. The smallest absolute Gasteiger partial charge is 0.407 e. The predicted octanol–water partition coefficient (Wildman–Crippen LogP) is 3.38. The maximum atomic E-state index is 11.6. The molecule has 1 atom stereocenters. The molecule has 0 aliphatic rings. The number of alkyl carbamates (subject to hydrolysis) is 1. The number of benzene rings is 1. The van der Waals surface area contributed by atoms with Gasteiger partial charge in [0.25, 0.3) is 0 Å². The van der Waals surface area contributed by atoms with E-state index in [-0.39, 0.29) is 6.61 Å². The van der Waals surface area contributed by atoms with E-state index in [2.05, 4.69) is 26.6 Å². The molecular formula is C20H27BrN2O5. The highest BCUT2D eigenvalue weighted by atomic mass is 79.9. The number of alkyl halides is 1. The van der Waals surface area contributed by atoms with Crippen molar-refractivity contribution in [3.8, 4) is 0 Å². The fourth-order valence-electron chi connectivity index (χ4n) is 2.49. The first-order chi connectivity index (χ1) is 13.6. The van der Waals surface area contributed by atoms with Gasteiger partial charge in [-0.1, -0.05) is 70.8 Å². The fraction of sp³-hybridized carbons (Fsp3) is 0.450. The Morgan fingerprint density at radius 2 is 1.86 bits per heavy atom. The van der Waals surface area contributed by atoms with Gasteiger partial charge in [-0.3, -0.25) is 4.79 Å². The fourth-order valence-corrected chi connectivity index (χ4v) is 2.96. The van der Waals surface area contributed by atoms with E-state index in [1.807, 2.05) is 30.3 Å². The van der Waals surface area contributed by atoms with E-state index in [1.165, 1.54) is 0 Å². The second kappa shape index (κ2) is 14.7. The highest BCUT2D eigenvalue weighted by Gasteiger charge is 2.13. The van der Waals surface area contributed by atoms with Crippen LogP contribution in [0.25, 0.3) is 0 Å². The van der Waals surface area contributed by atoms with Crippen LogP contribution in [0.15, 0.2) is 42.0 Å². The van der Waals surface area contributed by atoms with Crippen molar-refractivity contribution in [3.05, 3.63) is 47.5 Å². The molecule has 154 valence electrons. The van der Waals surface area contributed by atoms with Crippen LogP contribution in [-0.4, -0.2) is 41.5 Å². The highest BCUT2D eigenvalue weighted by Crippen LogP contribution is 2.13. The van der Waals surface area contributed by atoms with Gasteiger partial charge in [-0.05, 0) is 24.8 Å². The van der Waals surface area contributed by atoms with E-state index in [4.69, 9.17) is 9.84 Å². The first kappa shape index (κ1) is 23.7. The summed E-state index contributed by atoms with van der Waals surface area (Å²) in [5, 5.41) is 14.6. The van der Waals surface area contributed by atoms with Crippen LogP contribution < -0.4 is 10.6 Å². The van der Waals surface area contributed by atoms with Crippen LogP contribution >= 0.6 is 15.9 Å². The van der Waals surface area contributed by atoms with Crippen molar-refractivity contribution < 1.29 is 24.2 Å². The number of hydrogen-bond acceptors (Lipinski definition) is 4. The van der Waals surface area contributed by atoms with E-state index in [0.717, 1.165) is 43.2 Å². The summed E-state index contributed by atoms with van der Waals surface area (Å²) in [5.74, 6) is -1.09. The number of rotatable bonds is 14. The third-order valence-corrected chi connectivity index (χ3v) is 4.71. The Labute approximate surface area is 173 Å². The second-order valence-electron chi connectivity index (χ2n) is 6.21. The van der Waals surface area contributed by atoms with Gasteiger partial charge in [-0.25, -0.2) is 9.59 Å². The van der Waals surface area contributed by atoms with Gasteiger partial charge in [0.2, 0.25) is 6.41 Å². The summed E-state index contributed by atoms with van der Waals surface area (Å²) in [6, 6.07) is 8.50. The van der Waals surface area contributed by atoms with Crippen molar-refractivity contribution in [2.45, 2.75) is 44.8 Å². The number of allylic oxidation sites excluding steroid dienone is 1. The molecule has 0 saturated carbocycles. The lowest BCUT2D eigenvalue weighted by molar-refractivity contribution is -0.139. The number of ether oxygens (including phenoxy) is 1. The Kier molecular flexibility index (Phi) is 12.4. The van der Waals surface area contributed by atoms with Gasteiger partial charge in [0.1, 0.15) is 12.6 Å². The summed E-state index contributed by atoms with van der Waals surface area (Å²) in [7, 11) is 0. The molecule has 0 heterocycles. The molecule has 0 aliphatic heterocycles. The van der Waals surface area contributed by atoms with Gasteiger partial charge in [0.15, 0.2) is 0 Å². The lowest BCUT2D eigenvalue weighted by atomic mass is 10.1. The lowest BCUT2D eigenvalue weighted by Gasteiger charge is -2.10. The maximum Gasteiger partial charge on any atom is 0.407 e. The summed E-state index contributed by atoms with van der Waals surface area (Å²) in [6.07, 6.45) is 5.95.